The van der Waals surface area contributed by atoms with Crippen molar-refractivity contribution in [2.45, 2.75) is 24.5 Å². The fourth-order valence-corrected chi connectivity index (χ4v) is 1.93. The summed E-state index contributed by atoms with van der Waals surface area (Å²) in [5, 5.41) is 28.2. The van der Waals surface area contributed by atoms with Crippen molar-refractivity contribution in [3.05, 3.63) is 0 Å². The maximum absolute atomic E-state index is 11.7. The van der Waals surface area contributed by atoms with Gasteiger partial charge in [0, 0.05) is 0 Å². The molecular weight excluding hydrogens is 246 g/mol. The van der Waals surface area contributed by atoms with Crippen LogP contribution in [0.1, 0.15) is 0 Å². The number of aliphatic imine (C=N–C) groups is 1. The van der Waals surface area contributed by atoms with Crippen LogP contribution in [0.4, 0.5) is 0 Å². The van der Waals surface area contributed by atoms with Crippen LogP contribution in [0.25, 0.3) is 0 Å². The third-order valence-corrected chi connectivity index (χ3v) is 2.90. The Morgan fingerprint density at radius 3 is 2.61 bits per heavy atom. The van der Waals surface area contributed by atoms with Gasteiger partial charge in [0.05, 0.1) is 6.61 Å². The fourth-order valence-electron chi connectivity index (χ4n) is 1.93. The number of ether oxygens (including phenoxy) is 1. The van der Waals surface area contributed by atoms with E-state index in [1.165, 1.54) is 0 Å². The van der Waals surface area contributed by atoms with E-state index in [0.717, 1.165) is 4.90 Å². The van der Waals surface area contributed by atoms with E-state index in [0.29, 0.717) is 0 Å². The van der Waals surface area contributed by atoms with Gasteiger partial charge in [0.1, 0.15) is 25.0 Å². The van der Waals surface area contributed by atoms with Gasteiger partial charge in [-0.3, -0.25) is 19.5 Å². The van der Waals surface area contributed by atoms with Gasteiger partial charge >= 0.3 is 0 Å². The third kappa shape index (κ3) is 1.86. The highest BCUT2D eigenvalue weighted by Crippen LogP contribution is 2.25. The number of carbonyl (C=O) groups is 2. The first kappa shape index (κ1) is 12.9. The summed E-state index contributed by atoms with van der Waals surface area (Å²) in [6.07, 6.45) is -4.85. The van der Waals surface area contributed by atoms with Crippen molar-refractivity contribution in [1.82, 2.24) is 4.90 Å². The Labute approximate surface area is 101 Å². The Hall–Kier alpha value is -1.55. The second-order valence-electron chi connectivity index (χ2n) is 4.02. The lowest BCUT2D eigenvalue weighted by Crippen LogP contribution is -2.48. The van der Waals surface area contributed by atoms with Crippen molar-refractivity contribution in [3.63, 3.8) is 0 Å². The zero-order valence-corrected chi connectivity index (χ0v) is 9.26. The lowest BCUT2D eigenvalue weighted by atomic mass is 10.1. The van der Waals surface area contributed by atoms with E-state index in [9.17, 15) is 19.8 Å². The maximum atomic E-state index is 11.7. The van der Waals surface area contributed by atoms with Crippen molar-refractivity contribution in [1.29, 1.82) is 0 Å². The predicted molar refractivity (Wildman–Crippen MR) is 56.1 cm³/mol. The number of nitrogens with two attached hydrogens (primary N) is 1. The molecule has 9 heteroatoms. The molecule has 0 unspecified atom stereocenters. The molecule has 0 saturated carbocycles. The number of hydrogen-bond acceptors (Lipinski definition) is 7. The van der Waals surface area contributed by atoms with Crippen LogP contribution < -0.4 is 5.73 Å². The van der Waals surface area contributed by atoms with Gasteiger partial charge in [-0.2, -0.15) is 0 Å². The van der Waals surface area contributed by atoms with E-state index in [-0.39, 0.29) is 6.67 Å². The number of amides is 2. The summed E-state index contributed by atoms with van der Waals surface area (Å²) in [4.78, 5) is 27.2. The van der Waals surface area contributed by atoms with Gasteiger partial charge < -0.3 is 25.8 Å². The first-order valence-electron chi connectivity index (χ1n) is 5.25. The number of nitrogens with zero attached hydrogens (tertiary/aromatic N) is 2. The van der Waals surface area contributed by atoms with E-state index in [1.54, 1.807) is 0 Å². The van der Waals surface area contributed by atoms with Crippen LogP contribution in [0.15, 0.2) is 4.99 Å². The molecule has 1 saturated heterocycles. The molecule has 100 valence electrons. The van der Waals surface area contributed by atoms with E-state index in [4.69, 9.17) is 15.6 Å². The Bertz CT molecular complexity index is 411. The summed E-state index contributed by atoms with van der Waals surface area (Å²) in [6.45, 7) is -0.690. The van der Waals surface area contributed by atoms with E-state index < -0.39 is 48.7 Å². The van der Waals surface area contributed by atoms with Crippen LogP contribution in [0.5, 0.6) is 0 Å². The van der Waals surface area contributed by atoms with Gasteiger partial charge in [0.2, 0.25) is 0 Å². The minimum Gasteiger partial charge on any atom is -0.394 e. The number of aliphatic hydroxyl groups is 3. The van der Waals surface area contributed by atoms with E-state index in [2.05, 4.69) is 4.99 Å². The van der Waals surface area contributed by atoms with Crippen LogP contribution in [0, 0.1) is 0 Å². The molecule has 0 radical (unpaired) electrons. The lowest BCUT2D eigenvalue weighted by Gasteiger charge is -2.24. The monoisotopic (exact) mass is 259 g/mol. The number of rotatable bonds is 3. The van der Waals surface area contributed by atoms with Crippen molar-refractivity contribution in [3.8, 4) is 0 Å². The molecule has 0 aromatic heterocycles. The molecule has 1 fully saturated rings. The van der Waals surface area contributed by atoms with Crippen molar-refractivity contribution in [2.75, 3.05) is 13.3 Å². The summed E-state index contributed by atoms with van der Waals surface area (Å²) >= 11 is 0. The van der Waals surface area contributed by atoms with Gasteiger partial charge in [-0.15, -0.1) is 0 Å². The minimum atomic E-state index is -1.38. The van der Waals surface area contributed by atoms with Crippen LogP contribution >= 0.6 is 0 Å². The van der Waals surface area contributed by atoms with Crippen LogP contribution in [0.2, 0.25) is 0 Å². The molecule has 2 amide bonds. The van der Waals surface area contributed by atoms with Gasteiger partial charge in [-0.25, -0.2) is 0 Å². The molecule has 0 aromatic carbocycles. The predicted octanol–water partition coefficient (Wildman–Crippen LogP) is -3.85. The molecule has 18 heavy (non-hydrogen) atoms. The number of hydrogen-bond donors (Lipinski definition) is 4. The quantitative estimate of drug-likeness (QED) is 0.408. The van der Waals surface area contributed by atoms with Crippen LogP contribution in [-0.2, 0) is 14.3 Å². The second-order valence-corrected chi connectivity index (χ2v) is 4.02. The molecule has 5 N–H and O–H groups in total. The molecule has 2 rings (SSSR count). The van der Waals surface area contributed by atoms with Crippen LogP contribution in [-0.4, -0.2) is 75.6 Å². The second kappa shape index (κ2) is 4.61. The first-order chi connectivity index (χ1) is 8.47. The summed E-state index contributed by atoms with van der Waals surface area (Å²) in [5.41, 5.74) is 4.53. The molecule has 2 aliphatic heterocycles. The molecule has 4 atom stereocenters. The van der Waals surface area contributed by atoms with Crippen molar-refractivity contribution >= 4 is 17.5 Å². The first-order valence-corrected chi connectivity index (χ1v) is 5.25. The third-order valence-electron chi connectivity index (χ3n) is 2.90. The summed E-state index contributed by atoms with van der Waals surface area (Å²) in [5.74, 6) is -1.73. The van der Waals surface area contributed by atoms with E-state index >= 15 is 0 Å². The number of primary amides is 1. The smallest absolute Gasteiger partial charge is 0.281 e. The Balaban J connectivity index is 2.12. The molecule has 9 nitrogen and oxygen atoms in total. The minimum absolute atomic E-state index is 0.191. The summed E-state index contributed by atoms with van der Waals surface area (Å²) < 4.78 is 5.15. The fraction of sp³-hybridized carbons (Fsp3) is 0.667. The SMILES string of the molecule is NC(=O)C1=NCN([C@@H]2O[C@H](CO)[C@@H](O)[C@H]2O)C1=O. The number of aliphatic hydroxyl groups excluding tert-OH is 3. The zero-order chi connectivity index (χ0) is 13.4. The Morgan fingerprint density at radius 2 is 2.17 bits per heavy atom. The molecule has 0 aliphatic carbocycles. The zero-order valence-electron chi connectivity index (χ0n) is 9.26. The molecule has 2 heterocycles. The highest BCUT2D eigenvalue weighted by molar-refractivity contribution is 6.65. The van der Waals surface area contributed by atoms with Gasteiger partial charge in [-0.1, -0.05) is 0 Å². The van der Waals surface area contributed by atoms with Gasteiger partial charge in [0.25, 0.3) is 11.8 Å². The highest BCUT2D eigenvalue weighted by Gasteiger charge is 2.48. The van der Waals surface area contributed by atoms with Gasteiger partial charge in [-0.05, 0) is 0 Å². The maximum Gasteiger partial charge on any atom is 0.281 e. The summed E-state index contributed by atoms with van der Waals surface area (Å²) in [7, 11) is 0. The molecule has 2 aliphatic rings. The van der Waals surface area contributed by atoms with Crippen molar-refractivity contribution in [2.24, 2.45) is 10.7 Å². The van der Waals surface area contributed by atoms with Crippen LogP contribution in [0.3, 0.4) is 0 Å². The average molecular weight is 259 g/mol. The molecule has 0 spiro atoms. The number of carbonyl (C=O) groups excluding carboxylic acids is 2. The van der Waals surface area contributed by atoms with Crippen molar-refractivity contribution < 1.29 is 29.6 Å². The highest BCUT2D eigenvalue weighted by atomic mass is 16.6. The van der Waals surface area contributed by atoms with Gasteiger partial charge in [0.15, 0.2) is 11.9 Å². The normalized spacial score (nSPS) is 36.1. The summed E-state index contributed by atoms with van der Waals surface area (Å²) in [6, 6.07) is 0. The Morgan fingerprint density at radius 1 is 1.50 bits per heavy atom. The lowest BCUT2D eigenvalue weighted by molar-refractivity contribution is -0.143. The molecule has 0 bridgehead atoms. The topological polar surface area (TPSA) is 146 Å². The van der Waals surface area contributed by atoms with E-state index in [1.807, 2.05) is 0 Å². The molecular formula is C9H13N3O6. The largest absolute Gasteiger partial charge is 0.394 e. The standard InChI is InChI=1S/C9H13N3O6/c10-7(16)4-8(17)12(2-11-4)9-6(15)5(14)3(1-13)18-9/h3,5-6,9,13-15H,1-2H2,(H2,10,16)/t3-,5-,6-,9-/m1/s1. The molecule has 0 aromatic rings. The Kier molecular flexibility index (Phi) is 3.30. The average Bonchev–Trinajstić information content (AvgIpc) is 2.82.